The highest BCUT2D eigenvalue weighted by Gasteiger charge is 2.16. The van der Waals surface area contributed by atoms with Crippen LogP contribution in [-0.2, 0) is 4.74 Å². The molecule has 0 aliphatic carbocycles. The van der Waals surface area contributed by atoms with Gasteiger partial charge >= 0.3 is 0 Å². The Morgan fingerprint density at radius 3 is 1.90 bits per heavy atom. The summed E-state index contributed by atoms with van der Waals surface area (Å²) in [7, 11) is 8.10. The van der Waals surface area contributed by atoms with Crippen LogP contribution in [-0.4, -0.2) is 103 Å². The zero-order valence-electron chi connectivity index (χ0n) is 34.1. The maximum atomic E-state index is 8.66. The molecule has 10 heteroatoms. The molecule has 0 saturated carbocycles. The number of benzene rings is 3. The molecule has 2 aromatic heterocycles. The fourth-order valence-electron chi connectivity index (χ4n) is 4.74. The molecule has 0 unspecified atom stereocenters. The van der Waals surface area contributed by atoms with E-state index in [4.69, 9.17) is 24.5 Å². The second-order valence-electron chi connectivity index (χ2n) is 13.8. The van der Waals surface area contributed by atoms with Crippen LogP contribution in [0.5, 0.6) is 5.75 Å². The first kappa shape index (κ1) is 44.2. The van der Waals surface area contributed by atoms with Gasteiger partial charge in [0, 0.05) is 43.6 Å². The summed E-state index contributed by atoms with van der Waals surface area (Å²) < 4.78 is 11.3. The number of imidazole rings is 2. The SMILES string of the molecule is CC.CCN(C)C.CCN(C)c1ccc2nc(-c3ccc4nc(-c5ccc(OCCC(C)C)cc5)[nH]c4c3)[nH]c2c1.CNCCOC(C)(C)CCO. The van der Waals surface area contributed by atoms with Gasteiger partial charge in [0.2, 0.25) is 0 Å². The fourth-order valence-corrected chi connectivity index (χ4v) is 4.74. The van der Waals surface area contributed by atoms with Crippen molar-refractivity contribution in [1.29, 1.82) is 0 Å². The van der Waals surface area contributed by atoms with Gasteiger partial charge in [-0.05, 0) is 128 Å². The van der Waals surface area contributed by atoms with E-state index >= 15 is 0 Å². The number of aliphatic hydroxyl groups is 1. The molecule has 0 aliphatic heterocycles. The maximum Gasteiger partial charge on any atom is 0.138 e. The van der Waals surface area contributed by atoms with Gasteiger partial charge in [0.1, 0.15) is 17.4 Å². The van der Waals surface area contributed by atoms with E-state index in [-0.39, 0.29) is 12.2 Å². The topological polar surface area (TPSA) is 115 Å². The first-order chi connectivity index (χ1) is 24.9. The number of rotatable bonds is 15. The smallest absolute Gasteiger partial charge is 0.138 e. The third kappa shape index (κ3) is 14.6. The summed E-state index contributed by atoms with van der Waals surface area (Å²) in [5.74, 6) is 3.23. The molecule has 0 aliphatic rings. The Morgan fingerprint density at radius 1 is 0.808 bits per heavy atom. The minimum absolute atomic E-state index is 0.187. The van der Waals surface area contributed by atoms with E-state index in [9.17, 15) is 0 Å². The number of nitrogens with one attached hydrogen (secondary N) is 3. The maximum absolute atomic E-state index is 8.66. The van der Waals surface area contributed by atoms with Crippen molar-refractivity contribution in [3.05, 3.63) is 60.7 Å². The van der Waals surface area contributed by atoms with Crippen LogP contribution in [0.2, 0.25) is 0 Å². The van der Waals surface area contributed by atoms with Crippen LogP contribution in [0.25, 0.3) is 44.8 Å². The number of aromatic nitrogens is 4. The standard InChI is InChI=1S/C28H31N5O.C8H19NO2.C4H11N.C2H6/c1-5-33(4)21-9-13-24-26(17-21)32-28(30-24)20-8-12-23-25(16-20)31-27(29-23)19-6-10-22(11-7-19)34-15-14-18(2)3;1-8(2,4-6-10)11-7-5-9-3;1-4-5(2)3;1-2/h6-13,16-18H,5,14-15H2,1-4H3,(H,29,31)(H,30,32);9-10H,4-7H2,1-3H3;4H2,1-3H3;1-2H3. The molecule has 5 rings (SSSR count). The number of likely N-dealkylation sites (N-methyl/N-ethyl adjacent to an activating group) is 1. The Labute approximate surface area is 313 Å². The minimum atomic E-state index is -0.189. The van der Waals surface area contributed by atoms with Crippen LogP contribution in [0.3, 0.4) is 0 Å². The van der Waals surface area contributed by atoms with Gasteiger partial charge in [-0.3, -0.25) is 0 Å². The fraction of sp³-hybridized carbons (Fsp3) is 0.524. The molecule has 10 nitrogen and oxygen atoms in total. The van der Waals surface area contributed by atoms with Gasteiger partial charge in [-0.2, -0.15) is 0 Å². The summed E-state index contributed by atoms with van der Waals surface area (Å²) >= 11 is 0. The molecule has 3 aromatic carbocycles. The first-order valence-corrected chi connectivity index (χ1v) is 18.9. The molecule has 0 radical (unpaired) electrons. The molecule has 0 spiro atoms. The molecule has 0 atom stereocenters. The second-order valence-corrected chi connectivity index (χ2v) is 13.8. The number of aromatic amines is 2. The van der Waals surface area contributed by atoms with E-state index in [0.717, 1.165) is 83.3 Å². The molecule has 0 saturated heterocycles. The molecule has 2 heterocycles. The largest absolute Gasteiger partial charge is 0.494 e. The molecular formula is C42H67N7O3. The zero-order chi connectivity index (χ0) is 38.7. The highest BCUT2D eigenvalue weighted by molar-refractivity contribution is 5.87. The lowest BCUT2D eigenvalue weighted by Crippen LogP contribution is -2.29. The van der Waals surface area contributed by atoms with Gasteiger partial charge < -0.3 is 39.7 Å². The monoisotopic (exact) mass is 718 g/mol. The van der Waals surface area contributed by atoms with E-state index in [1.165, 1.54) is 5.69 Å². The number of H-pyrrole nitrogens is 2. The van der Waals surface area contributed by atoms with Crippen LogP contribution in [0.4, 0.5) is 5.69 Å². The molecule has 0 fully saturated rings. The van der Waals surface area contributed by atoms with E-state index in [0.29, 0.717) is 18.9 Å². The lowest BCUT2D eigenvalue weighted by Gasteiger charge is -2.24. The molecule has 5 aromatic rings. The van der Waals surface area contributed by atoms with Crippen molar-refractivity contribution < 1.29 is 14.6 Å². The quantitative estimate of drug-likeness (QED) is 0.0797. The van der Waals surface area contributed by atoms with Crippen molar-refractivity contribution in [2.45, 2.75) is 73.8 Å². The summed E-state index contributed by atoms with van der Waals surface area (Å²) in [5, 5.41) is 11.7. The van der Waals surface area contributed by atoms with Crippen LogP contribution in [0.1, 0.15) is 68.2 Å². The lowest BCUT2D eigenvalue weighted by molar-refractivity contribution is -0.0303. The number of hydrogen-bond donors (Lipinski definition) is 4. The van der Waals surface area contributed by atoms with Gasteiger partial charge in [0.25, 0.3) is 0 Å². The summed E-state index contributed by atoms with van der Waals surface area (Å²) in [6.07, 6.45) is 1.74. The minimum Gasteiger partial charge on any atom is -0.494 e. The Balaban J connectivity index is 0.000000435. The number of anilines is 1. The summed E-state index contributed by atoms with van der Waals surface area (Å²) in [6.45, 7) is 21.2. The number of ether oxygens (including phenoxy) is 2. The van der Waals surface area contributed by atoms with Crippen molar-refractivity contribution >= 4 is 27.8 Å². The molecule has 52 heavy (non-hydrogen) atoms. The Bertz CT molecular complexity index is 1690. The zero-order valence-corrected chi connectivity index (χ0v) is 34.1. The molecular weight excluding hydrogens is 651 g/mol. The normalized spacial score (nSPS) is 11.1. The highest BCUT2D eigenvalue weighted by Crippen LogP contribution is 2.28. The summed E-state index contributed by atoms with van der Waals surface area (Å²) in [6, 6.07) is 20.7. The Morgan fingerprint density at radius 2 is 1.37 bits per heavy atom. The van der Waals surface area contributed by atoms with Gasteiger partial charge in [0.15, 0.2) is 0 Å². The van der Waals surface area contributed by atoms with Crippen LogP contribution < -0.4 is 15.0 Å². The Kier molecular flexibility index (Phi) is 19.4. The van der Waals surface area contributed by atoms with E-state index in [2.05, 4.69) is 104 Å². The van der Waals surface area contributed by atoms with Gasteiger partial charge in [-0.25, -0.2) is 9.97 Å². The predicted molar refractivity (Wildman–Crippen MR) is 222 cm³/mol. The lowest BCUT2D eigenvalue weighted by atomic mass is 10.1. The Hall–Kier alpha value is -3.96. The molecule has 0 bridgehead atoms. The van der Waals surface area contributed by atoms with Crippen molar-refractivity contribution in [2.24, 2.45) is 5.92 Å². The second kappa shape index (κ2) is 22.9. The summed E-state index contributed by atoms with van der Waals surface area (Å²) in [4.78, 5) is 20.9. The third-order valence-corrected chi connectivity index (χ3v) is 8.42. The molecule has 288 valence electrons. The number of fused-ring (bicyclic) bond motifs is 2. The number of aliphatic hydroxyl groups excluding tert-OH is 1. The number of hydrogen-bond acceptors (Lipinski definition) is 8. The van der Waals surface area contributed by atoms with E-state index in [1.54, 1.807) is 0 Å². The van der Waals surface area contributed by atoms with Crippen LogP contribution in [0.15, 0.2) is 60.7 Å². The van der Waals surface area contributed by atoms with Crippen molar-refractivity contribution in [3.63, 3.8) is 0 Å². The van der Waals surface area contributed by atoms with Crippen LogP contribution in [0, 0.1) is 5.92 Å². The average Bonchev–Trinajstić information content (AvgIpc) is 3.77. The molecule has 0 amide bonds. The van der Waals surface area contributed by atoms with Gasteiger partial charge in [0.05, 0.1) is 40.9 Å². The summed E-state index contributed by atoms with van der Waals surface area (Å²) in [5.41, 5.74) is 6.96. The average molecular weight is 718 g/mol. The van der Waals surface area contributed by atoms with Crippen molar-refractivity contribution in [2.75, 3.05) is 72.5 Å². The van der Waals surface area contributed by atoms with E-state index < -0.39 is 0 Å². The predicted octanol–water partition coefficient (Wildman–Crippen LogP) is 8.63. The highest BCUT2D eigenvalue weighted by atomic mass is 16.5. The van der Waals surface area contributed by atoms with Gasteiger partial charge in [-0.15, -0.1) is 0 Å². The third-order valence-electron chi connectivity index (χ3n) is 8.42. The van der Waals surface area contributed by atoms with Crippen molar-refractivity contribution in [3.8, 4) is 28.5 Å². The number of nitrogens with zero attached hydrogens (tertiary/aromatic N) is 4. The van der Waals surface area contributed by atoms with Gasteiger partial charge in [-0.1, -0.05) is 34.6 Å². The first-order valence-electron chi connectivity index (χ1n) is 18.9. The van der Waals surface area contributed by atoms with Crippen molar-refractivity contribution in [1.82, 2.24) is 30.2 Å². The van der Waals surface area contributed by atoms with Crippen LogP contribution >= 0.6 is 0 Å². The molecule has 4 N–H and O–H groups in total. The van der Waals surface area contributed by atoms with E-state index in [1.807, 2.05) is 65.1 Å².